The van der Waals surface area contributed by atoms with Gasteiger partial charge in [0, 0.05) is 25.9 Å². The minimum Gasteiger partial charge on any atom is -0.335 e. The van der Waals surface area contributed by atoms with E-state index in [4.69, 9.17) is 11.6 Å². The first-order chi connectivity index (χ1) is 9.58. The van der Waals surface area contributed by atoms with E-state index in [0.717, 1.165) is 6.26 Å². The average Bonchev–Trinajstić information content (AvgIpc) is 2.31. The van der Waals surface area contributed by atoms with Gasteiger partial charge in [0.15, 0.2) is 0 Å². The zero-order chi connectivity index (χ0) is 16.2. The van der Waals surface area contributed by atoms with Crippen molar-refractivity contribution in [3.05, 3.63) is 34.6 Å². The SMILES string of the molecule is CC(CS(C)(=O)=O)NC(=O)N(C)Cc1ccc(Cl)c(F)c1. The van der Waals surface area contributed by atoms with Crippen LogP contribution in [0.25, 0.3) is 0 Å². The van der Waals surface area contributed by atoms with Crippen molar-refractivity contribution >= 4 is 27.5 Å². The van der Waals surface area contributed by atoms with Gasteiger partial charge in [-0.05, 0) is 24.6 Å². The van der Waals surface area contributed by atoms with Crippen LogP contribution in [0, 0.1) is 5.82 Å². The minimum absolute atomic E-state index is 0.0210. The maximum absolute atomic E-state index is 13.3. The smallest absolute Gasteiger partial charge is 0.317 e. The van der Waals surface area contributed by atoms with Crippen LogP contribution in [0.1, 0.15) is 12.5 Å². The molecule has 0 aliphatic heterocycles. The van der Waals surface area contributed by atoms with Gasteiger partial charge in [-0.3, -0.25) is 0 Å². The van der Waals surface area contributed by atoms with Gasteiger partial charge in [-0.25, -0.2) is 17.6 Å². The Morgan fingerprint density at radius 2 is 2.10 bits per heavy atom. The fraction of sp³-hybridized carbons (Fsp3) is 0.462. The monoisotopic (exact) mass is 336 g/mol. The number of benzene rings is 1. The largest absolute Gasteiger partial charge is 0.335 e. The van der Waals surface area contributed by atoms with Gasteiger partial charge in [0.05, 0.1) is 10.8 Å². The molecule has 0 saturated heterocycles. The molecule has 21 heavy (non-hydrogen) atoms. The van der Waals surface area contributed by atoms with Crippen LogP contribution < -0.4 is 5.32 Å². The summed E-state index contributed by atoms with van der Waals surface area (Å²) in [6.07, 6.45) is 1.11. The van der Waals surface area contributed by atoms with Crippen molar-refractivity contribution in [2.75, 3.05) is 19.1 Å². The molecule has 8 heteroatoms. The number of carbonyl (C=O) groups is 1. The highest BCUT2D eigenvalue weighted by atomic mass is 35.5. The van der Waals surface area contributed by atoms with Crippen molar-refractivity contribution in [2.24, 2.45) is 0 Å². The summed E-state index contributed by atoms with van der Waals surface area (Å²) in [7, 11) is -1.62. The molecule has 1 aromatic rings. The molecule has 0 radical (unpaired) electrons. The van der Waals surface area contributed by atoms with E-state index in [0.29, 0.717) is 5.56 Å². The molecule has 1 atom stereocenters. The highest BCUT2D eigenvalue weighted by Gasteiger charge is 2.16. The van der Waals surface area contributed by atoms with Crippen molar-refractivity contribution in [2.45, 2.75) is 19.5 Å². The highest BCUT2D eigenvalue weighted by Crippen LogP contribution is 2.16. The Morgan fingerprint density at radius 1 is 1.48 bits per heavy atom. The third kappa shape index (κ3) is 6.31. The van der Waals surface area contributed by atoms with Gasteiger partial charge in [-0.1, -0.05) is 17.7 Å². The van der Waals surface area contributed by atoms with Crippen LogP contribution in [-0.4, -0.2) is 44.4 Å². The number of rotatable bonds is 5. The number of hydrogen-bond donors (Lipinski definition) is 1. The molecule has 118 valence electrons. The molecular formula is C13H18ClFN2O3S. The molecule has 2 amide bonds. The van der Waals surface area contributed by atoms with Crippen LogP contribution in [0.4, 0.5) is 9.18 Å². The highest BCUT2D eigenvalue weighted by molar-refractivity contribution is 7.90. The summed E-state index contributed by atoms with van der Waals surface area (Å²) in [5.74, 6) is -0.685. The first-order valence-electron chi connectivity index (χ1n) is 6.22. The lowest BCUT2D eigenvalue weighted by molar-refractivity contribution is 0.204. The normalized spacial score (nSPS) is 12.8. The zero-order valence-electron chi connectivity index (χ0n) is 12.1. The number of hydrogen-bond acceptors (Lipinski definition) is 3. The second-order valence-corrected chi connectivity index (χ2v) is 7.64. The topological polar surface area (TPSA) is 66.5 Å². The van der Waals surface area contributed by atoms with Crippen molar-refractivity contribution in [3.8, 4) is 0 Å². The van der Waals surface area contributed by atoms with E-state index in [2.05, 4.69) is 5.32 Å². The van der Waals surface area contributed by atoms with Crippen LogP contribution in [0.5, 0.6) is 0 Å². The molecule has 1 rings (SSSR count). The average molecular weight is 337 g/mol. The molecule has 5 nitrogen and oxygen atoms in total. The molecule has 0 aromatic heterocycles. The Kier molecular flexibility index (Phi) is 5.98. The van der Waals surface area contributed by atoms with Gasteiger partial charge in [-0.15, -0.1) is 0 Å². The molecule has 1 N–H and O–H groups in total. The van der Waals surface area contributed by atoms with Crippen molar-refractivity contribution < 1.29 is 17.6 Å². The number of nitrogens with zero attached hydrogens (tertiary/aromatic N) is 1. The first kappa shape index (κ1) is 17.7. The summed E-state index contributed by atoms with van der Waals surface area (Å²) in [6, 6.07) is 3.37. The number of nitrogens with one attached hydrogen (secondary N) is 1. The Bertz CT molecular complexity index is 622. The molecule has 0 saturated carbocycles. The number of carbonyl (C=O) groups excluding carboxylic acids is 1. The number of amides is 2. The lowest BCUT2D eigenvalue weighted by Crippen LogP contribution is -2.44. The Balaban J connectivity index is 2.60. The minimum atomic E-state index is -3.16. The van der Waals surface area contributed by atoms with Gasteiger partial charge < -0.3 is 10.2 Å². The summed E-state index contributed by atoms with van der Waals surface area (Å²) in [5, 5.41) is 2.59. The number of urea groups is 1. The van der Waals surface area contributed by atoms with Gasteiger partial charge in [0.25, 0.3) is 0 Å². The summed E-state index contributed by atoms with van der Waals surface area (Å²) >= 11 is 5.59. The van der Waals surface area contributed by atoms with Gasteiger partial charge in [-0.2, -0.15) is 0 Å². The molecule has 1 aromatic carbocycles. The second-order valence-electron chi connectivity index (χ2n) is 5.05. The lowest BCUT2D eigenvalue weighted by Gasteiger charge is -2.21. The zero-order valence-corrected chi connectivity index (χ0v) is 13.6. The fourth-order valence-corrected chi connectivity index (χ4v) is 2.91. The molecule has 0 aliphatic rings. The van der Waals surface area contributed by atoms with Crippen molar-refractivity contribution in [1.29, 1.82) is 0 Å². The van der Waals surface area contributed by atoms with E-state index in [1.54, 1.807) is 13.0 Å². The predicted octanol–water partition coefficient (Wildman–Crippen LogP) is 2.05. The van der Waals surface area contributed by atoms with E-state index in [1.807, 2.05) is 0 Å². The maximum atomic E-state index is 13.3. The summed E-state index contributed by atoms with van der Waals surface area (Å²) < 4.78 is 35.6. The quantitative estimate of drug-likeness (QED) is 0.895. The molecule has 0 aliphatic carbocycles. The predicted molar refractivity (Wildman–Crippen MR) is 80.6 cm³/mol. The third-order valence-corrected chi connectivity index (χ3v) is 4.09. The summed E-state index contributed by atoms with van der Waals surface area (Å²) in [4.78, 5) is 13.2. The third-order valence-electron chi connectivity index (χ3n) is 2.67. The van der Waals surface area contributed by atoms with E-state index in [-0.39, 0.29) is 17.3 Å². The van der Waals surface area contributed by atoms with Gasteiger partial charge in [0.1, 0.15) is 15.7 Å². The van der Waals surface area contributed by atoms with Crippen molar-refractivity contribution in [3.63, 3.8) is 0 Å². The number of sulfone groups is 1. The summed E-state index contributed by atoms with van der Waals surface area (Å²) in [5.41, 5.74) is 0.588. The lowest BCUT2D eigenvalue weighted by atomic mass is 10.2. The summed E-state index contributed by atoms with van der Waals surface area (Å²) in [6.45, 7) is 1.79. The Hall–Kier alpha value is -1.34. The van der Waals surface area contributed by atoms with E-state index in [1.165, 1.54) is 24.1 Å². The van der Waals surface area contributed by atoms with E-state index >= 15 is 0 Å². The van der Waals surface area contributed by atoms with Crippen LogP contribution in [0.2, 0.25) is 5.02 Å². The van der Waals surface area contributed by atoms with Crippen LogP contribution in [0.15, 0.2) is 18.2 Å². The van der Waals surface area contributed by atoms with Gasteiger partial charge in [0.2, 0.25) is 0 Å². The van der Waals surface area contributed by atoms with Crippen LogP contribution >= 0.6 is 11.6 Å². The maximum Gasteiger partial charge on any atom is 0.317 e. The van der Waals surface area contributed by atoms with Crippen molar-refractivity contribution in [1.82, 2.24) is 10.2 Å². The van der Waals surface area contributed by atoms with E-state index in [9.17, 15) is 17.6 Å². The molecule has 0 bridgehead atoms. The molecule has 0 fully saturated rings. The Morgan fingerprint density at radius 3 is 2.62 bits per heavy atom. The molecule has 0 spiro atoms. The molecular weight excluding hydrogens is 319 g/mol. The Labute approximate surface area is 129 Å². The van der Waals surface area contributed by atoms with Crippen LogP contribution in [-0.2, 0) is 16.4 Å². The van der Waals surface area contributed by atoms with Crippen LogP contribution in [0.3, 0.4) is 0 Å². The number of halogens is 2. The standard InChI is InChI=1S/C13H18ClFN2O3S/c1-9(8-21(3,19)20)16-13(18)17(2)7-10-4-5-11(14)12(15)6-10/h4-6,9H,7-8H2,1-3H3,(H,16,18). The van der Waals surface area contributed by atoms with Gasteiger partial charge >= 0.3 is 6.03 Å². The molecule has 0 heterocycles. The first-order valence-corrected chi connectivity index (χ1v) is 8.65. The molecule has 1 unspecified atom stereocenters. The second kappa shape index (κ2) is 7.09. The fourth-order valence-electron chi connectivity index (χ4n) is 1.80. The van der Waals surface area contributed by atoms with E-state index < -0.39 is 27.7 Å².